The van der Waals surface area contributed by atoms with E-state index in [2.05, 4.69) is 137 Å². The van der Waals surface area contributed by atoms with Crippen LogP contribution in [-0.2, 0) is 108 Å². The van der Waals surface area contributed by atoms with Gasteiger partial charge in [-0.25, -0.2) is 17.6 Å². The standard InChI is InChI=1S/C12H18S.C11H16S.C10H12F2S.C10H14S.C9H10F2S.C9H13NS.C9H12S.C8H10O2S.C8H10OS.9CH4/c1-8-10-5-6-12(3,4)7-11(10)9(2)13-8;1-7-9-5-11(3,4)6-10(9)8(2)12-7;1-6-8-3-4-10(11,12)5-9(8)7(2)13-6;1-7-9-5-3-4-6-10(9)8(2)11-7;1-5-7-3-9(10,11)4-8(7)6(2)12-5;1-6-8-4-10(3)5-9(8)7(2)11-6;1-6-8-4-3-5-9(8)7(2)10-6;1-5-7-8(6(2)11-5)10-4-3-9-7;1-5-7-3-9-4-8(7)6(2)10-5;;;;;;;;;/h5-7H2,1-4H3;5-6H2,1-4H3;3-5H2,1-2H3;3-6H2,1-2H3;3-4H2,1-2H3;4-5H2,1-3H3;3-5H2,1-2H3;3-4H2,1-2H3;3-4H2,1-2H3;9*1H4. The second kappa shape index (κ2) is 44.0. The third-order valence-electron chi connectivity index (χ3n) is 22.3. The van der Waals surface area contributed by atoms with E-state index in [4.69, 9.17) is 14.2 Å². The lowest BCUT2D eigenvalue weighted by atomic mass is 9.74. The fraction of sp³-hybridized carbons (Fsp3) is 0.621. The van der Waals surface area contributed by atoms with Gasteiger partial charge in [-0.1, -0.05) is 94.5 Å². The summed E-state index contributed by atoms with van der Waals surface area (Å²) < 4.78 is 68.3. The lowest BCUT2D eigenvalue weighted by Gasteiger charge is -2.30. The number of fused-ring (bicyclic) bond motifs is 9. The van der Waals surface area contributed by atoms with Crippen molar-refractivity contribution >= 4 is 102 Å². The maximum atomic E-state index is 13.1. The largest absolute Gasteiger partial charge is 0.485 e. The SMILES string of the molecule is C.C.C.C.C.C.C.C.C.Cc1sc(C)c2c1CC(C)(C)C2.Cc1sc(C)c2c1CC(F)(F)C2.Cc1sc(C)c2c1CCC(C)(C)C2.Cc1sc(C)c2c1CCC(F)(F)C2.Cc1sc(C)c2c1CCC2.Cc1sc(C)c2c1CCCC2.Cc1sc(C)c2c1CN(C)C2.Cc1sc(C)c2c1COC2.Cc1sc(C)c2c1OCCO2. The number of alkyl halides is 4. The van der Waals surface area contributed by atoms with Crippen LogP contribution in [0.1, 0.15) is 303 Å². The van der Waals surface area contributed by atoms with Crippen LogP contribution in [0, 0.1) is 135 Å². The average molecular weight is 1720 g/mol. The van der Waals surface area contributed by atoms with Crippen molar-refractivity contribution in [1.29, 1.82) is 0 Å². The molecule has 9 aliphatic rings. The van der Waals surface area contributed by atoms with Gasteiger partial charge in [0, 0.05) is 127 Å². The molecule has 0 unspecified atom stereocenters. The molecule has 18 rings (SSSR count). The molecule has 0 radical (unpaired) electrons. The van der Waals surface area contributed by atoms with Crippen LogP contribution in [0.4, 0.5) is 17.6 Å². The van der Waals surface area contributed by atoms with E-state index in [0.29, 0.717) is 30.5 Å². The van der Waals surface area contributed by atoms with E-state index in [1.54, 1.807) is 129 Å². The van der Waals surface area contributed by atoms with Crippen molar-refractivity contribution in [2.24, 2.45) is 10.8 Å². The Morgan fingerprint density at radius 1 is 0.259 bits per heavy atom. The predicted octanol–water partition coefficient (Wildman–Crippen LogP) is 32.6. The number of ether oxygens (including phenoxy) is 3. The Morgan fingerprint density at radius 3 is 0.830 bits per heavy atom. The van der Waals surface area contributed by atoms with Crippen molar-refractivity contribution in [3.8, 4) is 11.5 Å². The quantitative estimate of drug-likeness (QED) is 0.142. The molecule has 0 spiro atoms. The molecule has 112 heavy (non-hydrogen) atoms. The van der Waals surface area contributed by atoms with Crippen LogP contribution < -0.4 is 9.47 Å². The number of nitrogens with zero attached hydrogens (tertiary/aromatic N) is 1. The Labute approximate surface area is 718 Å². The number of hydrogen-bond donors (Lipinski definition) is 0. The summed E-state index contributed by atoms with van der Waals surface area (Å²) in [5.41, 5.74) is 24.4. The summed E-state index contributed by atoms with van der Waals surface area (Å²) in [7, 11) is 2.18. The summed E-state index contributed by atoms with van der Waals surface area (Å²) in [6.07, 6.45) is 16.5. The Hall–Kier alpha value is -3.46. The molecule has 12 heterocycles. The molecule has 9 aromatic heterocycles. The molecule has 4 nitrogen and oxygen atoms in total. The second-order valence-corrected chi connectivity index (χ2v) is 44.6. The van der Waals surface area contributed by atoms with Gasteiger partial charge in [0.15, 0.2) is 11.5 Å². The van der Waals surface area contributed by atoms with Gasteiger partial charge in [-0.2, -0.15) is 0 Å². The second-order valence-electron chi connectivity index (χ2n) is 31.8. The van der Waals surface area contributed by atoms with E-state index in [0.717, 1.165) is 69.1 Å². The van der Waals surface area contributed by atoms with Gasteiger partial charge in [0.25, 0.3) is 11.8 Å². The van der Waals surface area contributed by atoms with Crippen LogP contribution in [0.25, 0.3) is 0 Å². The van der Waals surface area contributed by atoms with Crippen LogP contribution in [0.3, 0.4) is 0 Å². The number of rotatable bonds is 0. The minimum atomic E-state index is -2.48. The third-order valence-corrected chi connectivity index (χ3v) is 32.1. The van der Waals surface area contributed by atoms with Crippen molar-refractivity contribution in [3.63, 3.8) is 0 Å². The van der Waals surface area contributed by atoms with Gasteiger partial charge in [0.2, 0.25) is 0 Å². The molecule has 0 N–H and O–H groups in total. The zero-order chi connectivity index (χ0) is 75.1. The highest BCUT2D eigenvalue weighted by molar-refractivity contribution is 7.14. The van der Waals surface area contributed by atoms with E-state index >= 15 is 0 Å². The Balaban J connectivity index is 0.000000624. The molecule has 6 aliphatic carbocycles. The molecule has 0 saturated heterocycles. The Morgan fingerprint density at radius 2 is 0.491 bits per heavy atom. The monoisotopic (exact) mass is 1720 g/mol. The molecule has 0 fully saturated rings. The molecule has 636 valence electrons. The molecule has 0 saturated carbocycles. The lowest BCUT2D eigenvalue weighted by Crippen LogP contribution is -2.25. The van der Waals surface area contributed by atoms with E-state index in [1.165, 1.54) is 128 Å². The minimum Gasteiger partial charge on any atom is -0.485 e. The number of aryl methyl sites for hydroxylation is 18. The van der Waals surface area contributed by atoms with Gasteiger partial charge in [0.05, 0.1) is 13.2 Å². The number of thiophene rings is 9. The molecule has 0 bridgehead atoms. The zero-order valence-corrected chi connectivity index (χ0v) is 73.5. The van der Waals surface area contributed by atoms with Crippen LogP contribution in [0.5, 0.6) is 11.5 Å². The van der Waals surface area contributed by atoms with Crippen molar-refractivity contribution in [1.82, 2.24) is 4.90 Å². The molecule has 17 heteroatoms. The van der Waals surface area contributed by atoms with E-state index in [9.17, 15) is 17.6 Å². The van der Waals surface area contributed by atoms with Crippen molar-refractivity contribution < 1.29 is 31.8 Å². The first-order valence-corrected chi connectivity index (χ1v) is 44.7. The normalized spacial score (nSPS) is 16.5. The molecule has 3 aliphatic heterocycles. The molecule has 0 atom stereocenters. The van der Waals surface area contributed by atoms with Gasteiger partial charge in [-0.15, -0.1) is 102 Å². The van der Waals surface area contributed by atoms with E-state index in [-0.39, 0.29) is 92.5 Å². The Kier molecular flexibility index (Phi) is 41.9. The minimum absolute atomic E-state index is 0. The molecular formula is C95H151F4NO3S9. The van der Waals surface area contributed by atoms with Gasteiger partial charge in [0.1, 0.15) is 13.2 Å². The van der Waals surface area contributed by atoms with Gasteiger partial charge in [-0.05, 0) is 315 Å². The lowest BCUT2D eigenvalue weighted by molar-refractivity contribution is -0.0122. The Bertz CT molecular complexity index is 4020. The number of halogens is 4. The predicted molar refractivity (Wildman–Crippen MR) is 504 cm³/mol. The summed E-state index contributed by atoms with van der Waals surface area (Å²) in [5.74, 6) is -3.03. The van der Waals surface area contributed by atoms with Crippen LogP contribution in [-0.4, -0.2) is 37.0 Å². The summed E-state index contributed by atoms with van der Waals surface area (Å²) in [6, 6.07) is 0. The van der Waals surface area contributed by atoms with Gasteiger partial charge < -0.3 is 14.2 Å². The average Bonchev–Trinajstić information content (AvgIpc) is 1.62. The van der Waals surface area contributed by atoms with Crippen molar-refractivity contribution in [3.05, 3.63) is 177 Å². The highest BCUT2D eigenvalue weighted by Crippen LogP contribution is 2.47. The van der Waals surface area contributed by atoms with Gasteiger partial charge >= 0.3 is 0 Å². The highest BCUT2D eigenvalue weighted by atomic mass is 32.1. The first-order chi connectivity index (χ1) is 48.3. The van der Waals surface area contributed by atoms with Gasteiger partial charge in [-0.3, -0.25) is 4.90 Å². The maximum absolute atomic E-state index is 13.1. The first-order valence-electron chi connectivity index (χ1n) is 37.3. The summed E-state index contributed by atoms with van der Waals surface area (Å²) >= 11 is 16.8. The molecule has 0 aromatic carbocycles. The van der Waals surface area contributed by atoms with Crippen LogP contribution in [0.15, 0.2) is 0 Å². The third kappa shape index (κ3) is 25.3. The topological polar surface area (TPSA) is 30.9 Å². The highest BCUT2D eigenvalue weighted by Gasteiger charge is 2.41. The fourth-order valence-corrected chi connectivity index (χ4v) is 26.7. The first kappa shape index (κ1) is 107. The molecule has 0 amide bonds. The fourth-order valence-electron chi connectivity index (χ4n) is 16.8. The van der Waals surface area contributed by atoms with E-state index in [1.807, 2.05) is 95.7 Å². The van der Waals surface area contributed by atoms with E-state index < -0.39 is 11.8 Å². The maximum Gasteiger partial charge on any atom is 0.256 e. The van der Waals surface area contributed by atoms with Crippen molar-refractivity contribution in [2.45, 2.75) is 366 Å². The van der Waals surface area contributed by atoms with Crippen LogP contribution in [0.2, 0.25) is 0 Å². The molecular weight excluding hydrogens is 1570 g/mol. The summed E-state index contributed by atoms with van der Waals surface area (Å²) in [6.45, 7) is 53.8. The number of hydrogen-bond acceptors (Lipinski definition) is 13. The summed E-state index contributed by atoms with van der Waals surface area (Å²) in [4.78, 5) is 27.6. The smallest absolute Gasteiger partial charge is 0.256 e. The zero-order valence-electron chi connectivity index (χ0n) is 66.1. The summed E-state index contributed by atoms with van der Waals surface area (Å²) in [5, 5.41) is 0. The molecule has 9 aromatic rings. The van der Waals surface area contributed by atoms with Crippen molar-refractivity contribution in [2.75, 3.05) is 20.3 Å². The van der Waals surface area contributed by atoms with Crippen LogP contribution >= 0.6 is 102 Å².